The van der Waals surface area contributed by atoms with E-state index in [1.165, 1.54) is 6.07 Å². The molecular formula is C23H20ClFN4O3. The van der Waals surface area contributed by atoms with Crippen molar-refractivity contribution in [1.82, 2.24) is 20.4 Å². The standard InChI is InChI=1S/C23H20ClFN4O3/c24-16-6-3-5-13(10-16)20-27-21(32-28-20)14-8-9-17-19(11-14)26-23(31)29(22(17)30)12-15-4-1-2-7-18(15)25/h1-7,10,14,17,19H,8-9,11-12H2,(H,26,31). The monoisotopic (exact) mass is 454 g/mol. The van der Waals surface area contributed by atoms with Crippen molar-refractivity contribution in [3.63, 3.8) is 0 Å². The van der Waals surface area contributed by atoms with Crippen molar-refractivity contribution in [1.29, 1.82) is 0 Å². The van der Waals surface area contributed by atoms with Crippen LogP contribution in [-0.4, -0.2) is 33.0 Å². The zero-order valence-corrected chi connectivity index (χ0v) is 17.8. The van der Waals surface area contributed by atoms with Crippen LogP contribution in [0, 0.1) is 11.7 Å². The van der Waals surface area contributed by atoms with E-state index < -0.39 is 11.8 Å². The highest BCUT2D eigenvalue weighted by atomic mass is 35.5. The molecule has 1 N–H and O–H groups in total. The summed E-state index contributed by atoms with van der Waals surface area (Å²) in [6, 6.07) is 12.5. The van der Waals surface area contributed by atoms with E-state index >= 15 is 0 Å². The zero-order valence-electron chi connectivity index (χ0n) is 17.0. The topological polar surface area (TPSA) is 88.3 Å². The van der Waals surface area contributed by atoms with Crippen LogP contribution in [0.25, 0.3) is 11.4 Å². The lowest BCUT2D eigenvalue weighted by atomic mass is 9.76. The molecule has 32 heavy (non-hydrogen) atoms. The Balaban J connectivity index is 1.29. The molecule has 1 saturated heterocycles. The number of imide groups is 1. The minimum absolute atomic E-state index is 0.0668. The average Bonchev–Trinajstić information content (AvgIpc) is 3.28. The second-order valence-electron chi connectivity index (χ2n) is 8.15. The zero-order chi connectivity index (χ0) is 22.2. The predicted octanol–water partition coefficient (Wildman–Crippen LogP) is 4.53. The Labute approximate surface area is 188 Å². The lowest BCUT2D eigenvalue weighted by molar-refractivity contribution is -0.137. The number of benzene rings is 2. The summed E-state index contributed by atoms with van der Waals surface area (Å²) in [6.07, 6.45) is 1.76. The number of nitrogens with one attached hydrogen (secondary N) is 1. The van der Waals surface area contributed by atoms with Crippen LogP contribution in [0.3, 0.4) is 0 Å². The average molecular weight is 455 g/mol. The Morgan fingerprint density at radius 2 is 2.00 bits per heavy atom. The second-order valence-corrected chi connectivity index (χ2v) is 8.59. The van der Waals surface area contributed by atoms with Gasteiger partial charge >= 0.3 is 6.03 Å². The van der Waals surface area contributed by atoms with E-state index in [1.54, 1.807) is 30.3 Å². The third-order valence-electron chi connectivity index (χ3n) is 6.15. The van der Waals surface area contributed by atoms with E-state index in [0.29, 0.717) is 41.6 Å². The molecule has 2 heterocycles. The molecule has 1 aliphatic heterocycles. The summed E-state index contributed by atoms with van der Waals surface area (Å²) >= 11 is 6.04. The summed E-state index contributed by atoms with van der Waals surface area (Å²) in [7, 11) is 0. The highest BCUT2D eigenvalue weighted by Crippen LogP contribution is 2.38. The van der Waals surface area contributed by atoms with Gasteiger partial charge in [-0.1, -0.05) is 47.1 Å². The van der Waals surface area contributed by atoms with Crippen LogP contribution < -0.4 is 5.32 Å². The SMILES string of the molecule is O=C1NC2CC(c3nc(-c4cccc(Cl)c4)no3)CCC2C(=O)N1Cc1ccccc1F. The molecule has 7 nitrogen and oxygen atoms in total. The number of aromatic nitrogens is 2. The fraction of sp³-hybridized carbons (Fsp3) is 0.304. The van der Waals surface area contributed by atoms with Crippen molar-refractivity contribution in [3.05, 3.63) is 70.8 Å². The quantitative estimate of drug-likeness (QED) is 0.625. The molecule has 164 valence electrons. The predicted molar refractivity (Wildman–Crippen MR) is 114 cm³/mol. The number of amides is 3. The summed E-state index contributed by atoms with van der Waals surface area (Å²) in [5.74, 6) is -0.205. The molecular weight excluding hydrogens is 435 g/mol. The van der Waals surface area contributed by atoms with Gasteiger partial charge < -0.3 is 9.84 Å². The number of halogens is 2. The van der Waals surface area contributed by atoms with Crippen molar-refractivity contribution in [2.75, 3.05) is 0 Å². The maximum atomic E-state index is 14.0. The molecule has 0 spiro atoms. The number of carbonyl (C=O) groups excluding carboxylic acids is 2. The molecule has 1 aliphatic carbocycles. The number of rotatable bonds is 4. The Hall–Kier alpha value is -3.26. The van der Waals surface area contributed by atoms with Gasteiger partial charge in [0.2, 0.25) is 17.6 Å². The van der Waals surface area contributed by atoms with Gasteiger partial charge in [-0.05, 0) is 37.5 Å². The van der Waals surface area contributed by atoms with Crippen molar-refractivity contribution >= 4 is 23.5 Å². The fourth-order valence-electron chi connectivity index (χ4n) is 4.48. The number of fused-ring (bicyclic) bond motifs is 1. The normalized spacial score (nSPS) is 23.1. The van der Waals surface area contributed by atoms with Crippen molar-refractivity contribution in [2.45, 2.75) is 37.8 Å². The summed E-state index contributed by atoms with van der Waals surface area (Å²) in [4.78, 5) is 31.3. The molecule has 3 amide bonds. The molecule has 2 fully saturated rings. The smallest absolute Gasteiger partial charge is 0.324 e. The summed E-state index contributed by atoms with van der Waals surface area (Å²) in [5, 5.41) is 7.56. The highest BCUT2D eigenvalue weighted by molar-refractivity contribution is 6.30. The van der Waals surface area contributed by atoms with Gasteiger partial charge in [-0.2, -0.15) is 4.98 Å². The molecule has 5 rings (SSSR count). The lowest BCUT2D eigenvalue weighted by Crippen LogP contribution is -2.61. The number of carbonyl (C=O) groups is 2. The van der Waals surface area contributed by atoms with Gasteiger partial charge in [0.1, 0.15) is 5.82 Å². The first-order valence-corrected chi connectivity index (χ1v) is 10.8. The van der Waals surface area contributed by atoms with Crippen LogP contribution in [0.15, 0.2) is 53.1 Å². The Morgan fingerprint density at radius 1 is 1.16 bits per heavy atom. The molecule has 3 atom stereocenters. The molecule has 2 aliphatic rings. The van der Waals surface area contributed by atoms with E-state index in [0.717, 1.165) is 10.5 Å². The molecule has 3 aromatic rings. The maximum Gasteiger partial charge on any atom is 0.324 e. The number of hydrogen-bond acceptors (Lipinski definition) is 5. The molecule has 2 aromatic carbocycles. The van der Waals surface area contributed by atoms with Crippen LogP contribution >= 0.6 is 11.6 Å². The Kier molecular flexibility index (Phi) is 5.38. The van der Waals surface area contributed by atoms with Gasteiger partial charge in [0.15, 0.2) is 0 Å². The minimum atomic E-state index is -0.509. The van der Waals surface area contributed by atoms with Crippen LogP contribution in [-0.2, 0) is 11.3 Å². The van der Waals surface area contributed by atoms with Gasteiger partial charge in [0.05, 0.1) is 12.5 Å². The third kappa shape index (κ3) is 3.86. The lowest BCUT2D eigenvalue weighted by Gasteiger charge is -2.41. The van der Waals surface area contributed by atoms with Gasteiger partial charge in [0, 0.05) is 28.1 Å². The Morgan fingerprint density at radius 3 is 2.81 bits per heavy atom. The van der Waals surface area contributed by atoms with Crippen molar-refractivity contribution < 1.29 is 18.5 Å². The van der Waals surface area contributed by atoms with E-state index in [4.69, 9.17) is 16.1 Å². The third-order valence-corrected chi connectivity index (χ3v) is 6.38. The molecule has 0 radical (unpaired) electrons. The molecule has 9 heteroatoms. The number of nitrogens with zero attached hydrogens (tertiary/aromatic N) is 3. The second kappa shape index (κ2) is 8.35. The first-order valence-electron chi connectivity index (χ1n) is 10.4. The summed E-state index contributed by atoms with van der Waals surface area (Å²) in [5.41, 5.74) is 1.06. The van der Waals surface area contributed by atoms with E-state index in [9.17, 15) is 14.0 Å². The first-order chi connectivity index (χ1) is 15.5. The molecule has 0 bridgehead atoms. The van der Waals surface area contributed by atoms with E-state index in [2.05, 4.69) is 15.5 Å². The molecule has 1 aromatic heterocycles. The van der Waals surface area contributed by atoms with Crippen LogP contribution in [0.2, 0.25) is 5.02 Å². The van der Waals surface area contributed by atoms with Crippen LogP contribution in [0.4, 0.5) is 9.18 Å². The van der Waals surface area contributed by atoms with Gasteiger partial charge in [-0.15, -0.1) is 0 Å². The minimum Gasteiger partial charge on any atom is -0.339 e. The molecule has 3 unspecified atom stereocenters. The first kappa shape index (κ1) is 20.6. The van der Waals surface area contributed by atoms with Gasteiger partial charge in [-0.25, -0.2) is 9.18 Å². The summed E-state index contributed by atoms with van der Waals surface area (Å²) < 4.78 is 19.5. The summed E-state index contributed by atoms with van der Waals surface area (Å²) in [6.45, 7) is -0.0867. The van der Waals surface area contributed by atoms with Crippen LogP contribution in [0.5, 0.6) is 0 Å². The Bertz CT molecular complexity index is 1180. The van der Waals surface area contributed by atoms with E-state index in [-0.39, 0.29) is 30.3 Å². The van der Waals surface area contributed by atoms with Gasteiger partial charge in [-0.3, -0.25) is 9.69 Å². The van der Waals surface area contributed by atoms with Crippen LogP contribution in [0.1, 0.15) is 36.6 Å². The maximum absolute atomic E-state index is 14.0. The largest absolute Gasteiger partial charge is 0.339 e. The van der Waals surface area contributed by atoms with Crippen molar-refractivity contribution in [2.24, 2.45) is 5.92 Å². The number of urea groups is 1. The number of hydrogen-bond donors (Lipinski definition) is 1. The van der Waals surface area contributed by atoms with Gasteiger partial charge in [0.25, 0.3) is 0 Å². The fourth-order valence-corrected chi connectivity index (χ4v) is 4.67. The highest BCUT2D eigenvalue weighted by Gasteiger charge is 2.45. The van der Waals surface area contributed by atoms with Crippen molar-refractivity contribution in [3.8, 4) is 11.4 Å². The van der Waals surface area contributed by atoms with E-state index in [1.807, 2.05) is 12.1 Å². The molecule has 1 saturated carbocycles.